The molecule has 1 aliphatic rings. The Kier molecular flexibility index (Phi) is 2.55. The molecule has 0 radical (unpaired) electrons. The Hall–Kier alpha value is -1.84. The Morgan fingerprint density at radius 2 is 2.29 bits per heavy atom. The van der Waals surface area contributed by atoms with E-state index in [1.807, 2.05) is 6.07 Å². The molecule has 0 bridgehead atoms. The molecule has 2 heterocycles. The third-order valence-corrected chi connectivity index (χ3v) is 3.03. The van der Waals surface area contributed by atoms with Gasteiger partial charge in [-0.15, -0.1) is 0 Å². The van der Waals surface area contributed by atoms with Gasteiger partial charge in [0, 0.05) is 18.5 Å². The van der Waals surface area contributed by atoms with Crippen LogP contribution >= 0.6 is 0 Å². The Labute approximate surface area is 100 Å². The zero-order chi connectivity index (χ0) is 11.7. The summed E-state index contributed by atoms with van der Waals surface area (Å²) in [7, 11) is 0. The zero-order valence-corrected chi connectivity index (χ0v) is 9.81. The zero-order valence-electron chi connectivity index (χ0n) is 9.81. The molecular formula is C13H15N3O. The number of aryl methyl sites for hydroxylation is 1. The smallest absolute Gasteiger partial charge is 0.226 e. The second-order valence-corrected chi connectivity index (χ2v) is 4.35. The van der Waals surface area contributed by atoms with Crippen molar-refractivity contribution >= 4 is 5.69 Å². The Balaban J connectivity index is 1.79. The van der Waals surface area contributed by atoms with Crippen molar-refractivity contribution in [2.75, 3.05) is 5.32 Å². The molecule has 1 aromatic heterocycles. The molecule has 1 unspecified atom stereocenters. The van der Waals surface area contributed by atoms with Crippen molar-refractivity contribution in [2.24, 2.45) is 0 Å². The van der Waals surface area contributed by atoms with Crippen LogP contribution in [0.3, 0.4) is 0 Å². The van der Waals surface area contributed by atoms with Crippen molar-refractivity contribution < 1.29 is 4.52 Å². The fourth-order valence-corrected chi connectivity index (χ4v) is 2.18. The minimum absolute atomic E-state index is 0.154. The highest BCUT2D eigenvalue weighted by molar-refractivity contribution is 5.57. The van der Waals surface area contributed by atoms with Gasteiger partial charge in [-0.25, -0.2) is 0 Å². The van der Waals surface area contributed by atoms with E-state index in [-0.39, 0.29) is 6.04 Å². The lowest BCUT2D eigenvalue weighted by Crippen LogP contribution is -2.07. The van der Waals surface area contributed by atoms with E-state index >= 15 is 0 Å². The van der Waals surface area contributed by atoms with Crippen LogP contribution < -0.4 is 5.32 Å². The van der Waals surface area contributed by atoms with Gasteiger partial charge in [0.1, 0.15) is 0 Å². The molecule has 4 heteroatoms. The van der Waals surface area contributed by atoms with Crippen LogP contribution in [-0.4, -0.2) is 10.1 Å². The molecule has 17 heavy (non-hydrogen) atoms. The van der Waals surface area contributed by atoms with E-state index in [1.165, 1.54) is 11.3 Å². The average molecular weight is 229 g/mol. The second-order valence-electron chi connectivity index (χ2n) is 4.35. The number of aromatic nitrogens is 2. The molecule has 1 aromatic carbocycles. The Morgan fingerprint density at radius 1 is 1.41 bits per heavy atom. The topological polar surface area (TPSA) is 51.0 Å². The number of hydrogen-bond acceptors (Lipinski definition) is 4. The summed E-state index contributed by atoms with van der Waals surface area (Å²) in [6.07, 6.45) is 2.81. The van der Waals surface area contributed by atoms with Crippen LogP contribution in [0.1, 0.15) is 36.7 Å². The van der Waals surface area contributed by atoms with E-state index in [0.717, 1.165) is 31.0 Å². The molecule has 0 spiro atoms. The van der Waals surface area contributed by atoms with Crippen molar-refractivity contribution in [1.29, 1.82) is 0 Å². The lowest BCUT2D eigenvalue weighted by Gasteiger charge is -2.04. The average Bonchev–Trinajstić information content (AvgIpc) is 2.94. The van der Waals surface area contributed by atoms with Crippen LogP contribution in [0.25, 0.3) is 0 Å². The van der Waals surface area contributed by atoms with Gasteiger partial charge >= 0.3 is 0 Å². The number of fused-ring (bicyclic) bond motifs is 1. The predicted octanol–water partition coefficient (Wildman–Crippen LogP) is 2.73. The lowest BCUT2D eigenvalue weighted by atomic mass is 10.1. The number of hydrogen-bond donors (Lipinski definition) is 1. The van der Waals surface area contributed by atoms with E-state index in [2.05, 4.69) is 40.6 Å². The third-order valence-electron chi connectivity index (χ3n) is 3.03. The first-order chi connectivity index (χ1) is 8.36. The molecule has 1 atom stereocenters. The summed E-state index contributed by atoms with van der Waals surface area (Å²) in [4.78, 5) is 4.42. The Morgan fingerprint density at radius 3 is 3.12 bits per heavy atom. The monoisotopic (exact) mass is 229 g/mol. The first kappa shape index (κ1) is 10.3. The van der Waals surface area contributed by atoms with E-state index in [0.29, 0.717) is 0 Å². The van der Waals surface area contributed by atoms with Gasteiger partial charge in [-0.05, 0) is 18.1 Å². The highest BCUT2D eigenvalue weighted by atomic mass is 16.5. The minimum Gasteiger partial charge on any atom is -0.374 e. The molecule has 4 nitrogen and oxygen atoms in total. The molecule has 0 amide bonds. The third kappa shape index (κ3) is 1.90. The van der Waals surface area contributed by atoms with Gasteiger partial charge in [0.05, 0.1) is 6.04 Å². The van der Waals surface area contributed by atoms with E-state index in [1.54, 1.807) is 0 Å². The molecular weight excluding hydrogens is 214 g/mol. The molecule has 1 aliphatic heterocycles. The van der Waals surface area contributed by atoms with Gasteiger partial charge in [-0.2, -0.15) is 4.98 Å². The molecule has 1 N–H and O–H groups in total. The SMILES string of the molecule is CCCc1nc(C2Cc3ccccc3N2)no1. The summed E-state index contributed by atoms with van der Waals surface area (Å²) in [5.41, 5.74) is 2.50. The summed E-state index contributed by atoms with van der Waals surface area (Å²) in [6, 6.07) is 8.47. The van der Waals surface area contributed by atoms with Crippen molar-refractivity contribution in [1.82, 2.24) is 10.1 Å². The molecule has 0 saturated heterocycles. The molecule has 0 fully saturated rings. The largest absolute Gasteiger partial charge is 0.374 e. The number of para-hydroxylation sites is 1. The first-order valence-electron chi connectivity index (χ1n) is 6.03. The number of nitrogens with zero attached hydrogens (tertiary/aromatic N) is 2. The summed E-state index contributed by atoms with van der Waals surface area (Å²) >= 11 is 0. The van der Waals surface area contributed by atoms with Crippen molar-refractivity contribution in [2.45, 2.75) is 32.2 Å². The van der Waals surface area contributed by atoms with Crippen LogP contribution in [0.15, 0.2) is 28.8 Å². The van der Waals surface area contributed by atoms with Gasteiger partial charge in [0.25, 0.3) is 0 Å². The maximum Gasteiger partial charge on any atom is 0.226 e. The van der Waals surface area contributed by atoms with Crippen molar-refractivity contribution in [3.8, 4) is 0 Å². The highest BCUT2D eigenvalue weighted by Gasteiger charge is 2.25. The summed E-state index contributed by atoms with van der Waals surface area (Å²) in [5, 5.41) is 7.47. The molecule has 2 aromatic rings. The fourth-order valence-electron chi connectivity index (χ4n) is 2.18. The van der Waals surface area contributed by atoms with Crippen molar-refractivity contribution in [3.05, 3.63) is 41.5 Å². The highest BCUT2D eigenvalue weighted by Crippen LogP contribution is 2.32. The maximum atomic E-state index is 5.22. The normalized spacial score (nSPS) is 17.8. The fraction of sp³-hybridized carbons (Fsp3) is 0.385. The molecule has 88 valence electrons. The van der Waals surface area contributed by atoms with Crippen LogP contribution in [0, 0.1) is 0 Å². The van der Waals surface area contributed by atoms with Gasteiger partial charge in [0.2, 0.25) is 5.89 Å². The first-order valence-corrected chi connectivity index (χ1v) is 6.03. The van der Waals surface area contributed by atoms with Gasteiger partial charge in [0.15, 0.2) is 5.82 Å². The minimum atomic E-state index is 0.154. The number of anilines is 1. The molecule has 0 aliphatic carbocycles. The number of rotatable bonds is 3. The standard InChI is InChI=1S/C13H15N3O/c1-2-5-12-15-13(16-17-12)11-8-9-6-3-4-7-10(9)14-11/h3-4,6-7,11,14H,2,5,8H2,1H3. The number of benzene rings is 1. The summed E-state index contributed by atoms with van der Waals surface area (Å²) < 4.78 is 5.22. The van der Waals surface area contributed by atoms with E-state index < -0.39 is 0 Å². The van der Waals surface area contributed by atoms with Crippen LogP contribution in [0.2, 0.25) is 0 Å². The van der Waals surface area contributed by atoms with Crippen LogP contribution in [0.5, 0.6) is 0 Å². The van der Waals surface area contributed by atoms with E-state index in [9.17, 15) is 0 Å². The molecule has 3 rings (SSSR count). The van der Waals surface area contributed by atoms with Crippen molar-refractivity contribution in [3.63, 3.8) is 0 Å². The maximum absolute atomic E-state index is 5.22. The number of nitrogens with one attached hydrogen (secondary N) is 1. The second kappa shape index (κ2) is 4.20. The van der Waals surface area contributed by atoms with E-state index in [4.69, 9.17) is 4.52 Å². The summed E-state index contributed by atoms with van der Waals surface area (Å²) in [5.74, 6) is 1.50. The Bertz CT molecular complexity index is 496. The van der Waals surface area contributed by atoms with Crippen LogP contribution in [-0.2, 0) is 12.8 Å². The van der Waals surface area contributed by atoms with Gasteiger partial charge in [-0.1, -0.05) is 30.3 Å². The van der Waals surface area contributed by atoms with Gasteiger partial charge < -0.3 is 9.84 Å². The van der Waals surface area contributed by atoms with Crippen LogP contribution in [0.4, 0.5) is 5.69 Å². The quantitative estimate of drug-likeness (QED) is 0.879. The summed E-state index contributed by atoms with van der Waals surface area (Å²) in [6.45, 7) is 2.10. The molecule has 0 saturated carbocycles. The predicted molar refractivity (Wildman–Crippen MR) is 64.8 cm³/mol. The van der Waals surface area contributed by atoms with Gasteiger partial charge in [-0.3, -0.25) is 0 Å². The lowest BCUT2D eigenvalue weighted by molar-refractivity contribution is 0.370.